The van der Waals surface area contributed by atoms with Gasteiger partial charge in [0.1, 0.15) is 6.01 Å². The molecule has 0 saturated heterocycles. The molecule has 0 amide bonds. The zero-order chi connectivity index (χ0) is 9.36. The van der Waals surface area contributed by atoms with Gasteiger partial charge in [-0.15, -0.1) is 0 Å². The Morgan fingerprint density at radius 1 is 1.27 bits per heavy atom. The van der Waals surface area contributed by atoms with Crippen molar-refractivity contribution in [3.63, 3.8) is 0 Å². The summed E-state index contributed by atoms with van der Waals surface area (Å²) in [5, 5.41) is 0. The summed E-state index contributed by atoms with van der Waals surface area (Å²) in [4.78, 5) is 0. The Hall–Kier alpha value is -0.210. The lowest BCUT2D eigenvalue weighted by Crippen LogP contribution is -2.44. The van der Waals surface area contributed by atoms with Crippen molar-refractivity contribution in [1.29, 1.82) is 0 Å². The van der Waals surface area contributed by atoms with Gasteiger partial charge in [0.05, 0.1) is 5.75 Å². The van der Waals surface area contributed by atoms with E-state index in [4.69, 9.17) is 0 Å². The molecule has 0 rings (SSSR count). The maximum atomic E-state index is 11.3. The summed E-state index contributed by atoms with van der Waals surface area (Å²) < 4.78 is 74.9. The molecule has 0 saturated carbocycles. The summed E-state index contributed by atoms with van der Waals surface area (Å²) >= 11 is 0. The Labute approximate surface area is 59.4 Å². The maximum absolute atomic E-state index is 11.3. The normalized spacial score (nSPS) is 17.5. The molecule has 0 fully saturated rings. The van der Waals surface area contributed by atoms with E-state index in [9.17, 15) is 30.9 Å². The van der Waals surface area contributed by atoms with Crippen molar-refractivity contribution >= 4 is 9.63 Å². The van der Waals surface area contributed by atoms with Crippen LogP contribution in [0.25, 0.3) is 0 Å². The summed E-state index contributed by atoms with van der Waals surface area (Å²) in [5.41, 5.74) is 0. The van der Waals surface area contributed by atoms with Crippen molar-refractivity contribution < 1.29 is 30.9 Å². The van der Waals surface area contributed by atoms with E-state index < -0.39 is 27.6 Å². The number of rotatable bonds is 2. The molecule has 0 aliphatic heterocycles. The van der Waals surface area contributed by atoms with E-state index in [1.165, 1.54) is 0 Å². The lowest BCUT2D eigenvalue weighted by molar-refractivity contribution is -0.109. The van der Waals surface area contributed by atoms with E-state index in [-0.39, 0.29) is 0 Å². The molecule has 0 radical (unpaired) electrons. The van der Waals surface area contributed by atoms with Gasteiger partial charge < -0.3 is 13.3 Å². The van der Waals surface area contributed by atoms with Crippen LogP contribution < -0.4 is 0 Å². The third-order valence-corrected chi connectivity index (χ3v) is 1.96. The number of hydrogen-bond donors (Lipinski definition) is 0. The number of halogens is 4. The van der Waals surface area contributed by atoms with Gasteiger partial charge in [0.25, 0.3) is 0 Å². The minimum absolute atomic E-state index is 2.53. The van der Waals surface area contributed by atoms with Gasteiger partial charge in [0.15, 0.2) is 0 Å². The Balaban J connectivity index is 4.50. The second-order valence-corrected chi connectivity index (χ2v) is 4.72. The molecule has 0 N–H and O–H groups in total. The summed E-state index contributed by atoms with van der Waals surface area (Å²) in [5.74, 6) is -2.65. The summed E-state index contributed by atoms with van der Waals surface area (Å²) in [6.45, 7) is 0. The van der Waals surface area contributed by atoms with Gasteiger partial charge in [-0.2, -0.15) is 22.8 Å². The molecule has 0 atom stereocenters. The lowest BCUT2D eigenvalue weighted by Gasteiger charge is -2.52. The smallest absolute Gasteiger partial charge is 0.396 e. The summed E-state index contributed by atoms with van der Waals surface area (Å²) in [6, 6.07) is -2.53. The van der Waals surface area contributed by atoms with E-state index in [0.717, 1.165) is 0 Å². The average Bonchev–Trinajstić information content (AvgIpc) is 1.57. The molecular formula is C3H4F4O3S-2. The molecule has 0 aromatic carbocycles. The first-order chi connectivity index (χ1) is 4.53. The van der Waals surface area contributed by atoms with Crippen molar-refractivity contribution in [3.05, 3.63) is 0 Å². The van der Waals surface area contributed by atoms with Gasteiger partial charge >= 0.3 is 6.18 Å². The van der Waals surface area contributed by atoms with Crippen molar-refractivity contribution in [1.82, 2.24) is 0 Å². The molecule has 0 unspecified atom stereocenters. The summed E-state index contributed by atoms with van der Waals surface area (Å²) in [7, 11) is -6.58. The van der Waals surface area contributed by atoms with Crippen molar-refractivity contribution in [2.75, 3.05) is 11.8 Å². The van der Waals surface area contributed by atoms with Crippen LogP contribution in [0.2, 0.25) is 0 Å². The molecular weight excluding hydrogens is 192 g/mol. The van der Waals surface area contributed by atoms with Crippen LogP contribution in [-0.4, -0.2) is 31.3 Å². The van der Waals surface area contributed by atoms with Gasteiger partial charge in [-0.3, -0.25) is 0 Å². The number of alkyl halides is 4. The Kier molecular flexibility index (Phi) is 2.34. The van der Waals surface area contributed by atoms with Crippen LogP contribution in [-0.2, 0) is 9.63 Å². The highest BCUT2D eigenvalue weighted by Crippen LogP contribution is 2.27. The minimum Gasteiger partial charge on any atom is -0.796 e. The third-order valence-electron chi connectivity index (χ3n) is 0.653. The van der Waals surface area contributed by atoms with Crippen molar-refractivity contribution in [2.45, 2.75) is 6.18 Å². The van der Waals surface area contributed by atoms with Crippen LogP contribution in [0.5, 0.6) is 0 Å². The van der Waals surface area contributed by atoms with Gasteiger partial charge in [-0.05, 0) is 0 Å². The first-order valence-electron chi connectivity index (χ1n) is 2.27. The average molecular weight is 196 g/mol. The Morgan fingerprint density at radius 3 is 1.73 bits per heavy atom. The monoisotopic (exact) mass is 196 g/mol. The fourth-order valence-electron chi connectivity index (χ4n) is 0.355. The second-order valence-electron chi connectivity index (χ2n) is 1.98. The molecule has 0 heterocycles. The Bertz CT molecular complexity index is 203. The molecule has 3 nitrogen and oxygen atoms in total. The first kappa shape index (κ1) is 10.8. The van der Waals surface area contributed by atoms with E-state index in [2.05, 4.69) is 0 Å². The SMILES string of the molecule is O=S([O-])([O-])(CF)CC(F)(F)F. The molecule has 0 aromatic rings. The highest BCUT2D eigenvalue weighted by atomic mass is 32.3. The van der Waals surface area contributed by atoms with Crippen LogP contribution in [0, 0.1) is 0 Å². The lowest BCUT2D eigenvalue weighted by atomic mass is 10.8. The second kappa shape index (κ2) is 2.39. The standard InChI is InChI=1S/C3H6F4O3S/c4-2-11(8,9,10)1-3(5,6)7/h1-2H2,(H2,8,9,10)/p-2. The highest BCUT2D eigenvalue weighted by molar-refractivity contribution is 8.09. The highest BCUT2D eigenvalue weighted by Gasteiger charge is 2.33. The third kappa shape index (κ3) is 5.10. The predicted octanol–water partition coefficient (Wildman–Crippen LogP) is 0.557. The molecule has 0 aliphatic rings. The largest absolute Gasteiger partial charge is 0.796 e. The van der Waals surface area contributed by atoms with E-state index in [1.54, 1.807) is 0 Å². The molecule has 0 aliphatic carbocycles. The number of hydrogen-bond acceptors (Lipinski definition) is 3. The van der Waals surface area contributed by atoms with Gasteiger partial charge in [0.2, 0.25) is 0 Å². The molecule has 0 spiro atoms. The van der Waals surface area contributed by atoms with Crippen LogP contribution in [0.4, 0.5) is 17.6 Å². The molecule has 70 valence electrons. The number of sulfone groups is 3. The molecule has 8 heteroatoms. The maximum Gasteiger partial charge on any atom is 0.396 e. The van der Waals surface area contributed by atoms with E-state index >= 15 is 0 Å². The zero-order valence-corrected chi connectivity index (χ0v) is 5.88. The quantitative estimate of drug-likeness (QED) is 0.606. The van der Waals surface area contributed by atoms with E-state index in [1.807, 2.05) is 0 Å². The van der Waals surface area contributed by atoms with Gasteiger partial charge in [0, 0.05) is 0 Å². The fourth-order valence-corrected chi connectivity index (χ4v) is 1.06. The molecule has 0 bridgehead atoms. The topological polar surface area (TPSA) is 63.2 Å². The van der Waals surface area contributed by atoms with Crippen LogP contribution in [0.15, 0.2) is 0 Å². The minimum atomic E-state index is -6.58. The van der Waals surface area contributed by atoms with Crippen LogP contribution >= 0.6 is 0 Å². The van der Waals surface area contributed by atoms with Crippen molar-refractivity contribution in [2.24, 2.45) is 0 Å². The zero-order valence-electron chi connectivity index (χ0n) is 5.06. The van der Waals surface area contributed by atoms with Gasteiger partial charge in [-0.25, -0.2) is 4.39 Å². The molecule has 0 aromatic heterocycles. The fraction of sp³-hybridized carbons (Fsp3) is 1.00. The van der Waals surface area contributed by atoms with Gasteiger partial charge in [-0.1, -0.05) is 0 Å². The first-order valence-corrected chi connectivity index (χ1v) is 4.42. The molecule has 11 heavy (non-hydrogen) atoms. The predicted molar refractivity (Wildman–Crippen MR) is 26.6 cm³/mol. The van der Waals surface area contributed by atoms with Crippen molar-refractivity contribution in [3.8, 4) is 0 Å². The summed E-state index contributed by atoms with van der Waals surface area (Å²) in [6.07, 6.45) is -5.18. The van der Waals surface area contributed by atoms with Crippen LogP contribution in [0.1, 0.15) is 0 Å². The Morgan fingerprint density at radius 2 is 1.64 bits per heavy atom. The van der Waals surface area contributed by atoms with E-state index in [0.29, 0.717) is 0 Å². The van der Waals surface area contributed by atoms with Crippen LogP contribution in [0.3, 0.4) is 0 Å².